The number of ether oxygens (including phenoxy) is 2. The molecule has 0 aliphatic carbocycles. The van der Waals surface area contributed by atoms with Gasteiger partial charge in [-0.05, 0) is 36.4 Å². The summed E-state index contributed by atoms with van der Waals surface area (Å²) in [5.74, 6) is -38.0. The van der Waals surface area contributed by atoms with Gasteiger partial charge in [-0.1, -0.05) is 0 Å². The Hall–Kier alpha value is -3.27. The molecule has 208 valence electrons. The van der Waals surface area contributed by atoms with Gasteiger partial charge in [0.25, 0.3) is 0 Å². The molecule has 0 heterocycles. The molecule has 0 fully saturated rings. The third-order valence-electron chi connectivity index (χ3n) is 4.75. The van der Waals surface area contributed by atoms with Crippen molar-refractivity contribution < 1.29 is 66.5 Å². The molecule has 0 bridgehead atoms. The number of alkyl halides is 13. The first-order chi connectivity index (χ1) is 16.6. The van der Waals surface area contributed by atoms with Gasteiger partial charge >= 0.3 is 35.8 Å². The monoisotopic (exact) mass is 562 g/mol. The second-order valence-electron chi connectivity index (χ2n) is 7.48. The molecule has 0 saturated heterocycles. The van der Waals surface area contributed by atoms with Crippen LogP contribution in [0.4, 0.5) is 68.5 Å². The number of benzene rings is 2. The van der Waals surface area contributed by atoms with E-state index < -0.39 is 54.6 Å². The van der Waals surface area contributed by atoms with Gasteiger partial charge in [-0.25, -0.2) is 0 Å². The fraction of sp³-hybridized carbons (Fsp3) is 0.400. The van der Waals surface area contributed by atoms with E-state index in [1.165, 1.54) is 24.3 Å². The fourth-order valence-corrected chi connectivity index (χ4v) is 2.63. The van der Waals surface area contributed by atoms with Crippen molar-refractivity contribution in [3.05, 3.63) is 42.5 Å². The van der Waals surface area contributed by atoms with Crippen LogP contribution in [-0.4, -0.2) is 42.4 Å². The molecular weight excluding hydrogens is 547 g/mol. The lowest BCUT2D eigenvalue weighted by atomic mass is 9.93. The summed E-state index contributed by atoms with van der Waals surface area (Å²) in [5.41, 5.74) is 11.4. The molecule has 2 aromatic rings. The Morgan fingerprint density at radius 3 is 1.57 bits per heavy atom. The molecule has 4 nitrogen and oxygen atoms in total. The molecule has 0 atom stereocenters. The number of halogens is 13. The summed E-state index contributed by atoms with van der Waals surface area (Å²) in [6.45, 7) is -1.64. The lowest BCUT2D eigenvalue weighted by molar-refractivity contribution is -0.440. The van der Waals surface area contributed by atoms with E-state index in [9.17, 15) is 57.1 Å². The van der Waals surface area contributed by atoms with E-state index in [4.69, 9.17) is 20.9 Å². The van der Waals surface area contributed by atoms with Gasteiger partial charge in [-0.2, -0.15) is 57.1 Å². The zero-order valence-corrected chi connectivity index (χ0v) is 17.8. The molecule has 17 heteroatoms. The first-order valence-electron chi connectivity index (χ1n) is 9.60. The van der Waals surface area contributed by atoms with Crippen molar-refractivity contribution in [3.63, 3.8) is 0 Å². The summed E-state index contributed by atoms with van der Waals surface area (Å²) in [5, 5.41) is 0. The third kappa shape index (κ3) is 5.39. The minimum absolute atomic E-state index is 0.0159. The number of nitrogens with two attached hydrogens (primary N) is 2. The summed E-state index contributed by atoms with van der Waals surface area (Å²) >= 11 is 0. The van der Waals surface area contributed by atoms with Crippen molar-refractivity contribution in [2.24, 2.45) is 0 Å². The van der Waals surface area contributed by atoms with E-state index in [-0.39, 0.29) is 17.2 Å². The number of rotatable bonds is 10. The van der Waals surface area contributed by atoms with Gasteiger partial charge in [-0.15, -0.1) is 0 Å². The molecule has 0 aliphatic rings. The summed E-state index contributed by atoms with van der Waals surface area (Å²) < 4.78 is 182. The molecule has 37 heavy (non-hydrogen) atoms. The van der Waals surface area contributed by atoms with Gasteiger partial charge in [-0.3, -0.25) is 0 Å². The Morgan fingerprint density at radius 2 is 1.05 bits per heavy atom. The van der Waals surface area contributed by atoms with E-state index in [0.717, 1.165) is 18.2 Å². The lowest BCUT2D eigenvalue weighted by Crippen LogP contribution is -2.70. The minimum Gasteiger partial charge on any atom is -0.489 e. The smallest absolute Gasteiger partial charge is 0.460 e. The quantitative estimate of drug-likeness (QED) is 0.238. The standard InChI is InChI=1S/C20H15F13N2O2/c21-15(22,16(23,24)17(25,26)18(27,28)19(29,30)20(31,32)33)7-8-36-13-6-3-11(35)9-14(13)37-12-4-1-10(34)2-5-12/h1-6,9H,7-8,34-35H2. The van der Waals surface area contributed by atoms with E-state index in [1.54, 1.807) is 0 Å². The maximum atomic E-state index is 13.9. The van der Waals surface area contributed by atoms with Gasteiger partial charge in [0.2, 0.25) is 0 Å². The van der Waals surface area contributed by atoms with Crippen molar-refractivity contribution in [1.29, 1.82) is 0 Å². The van der Waals surface area contributed by atoms with Crippen molar-refractivity contribution in [1.82, 2.24) is 0 Å². The average molecular weight is 562 g/mol. The molecule has 0 unspecified atom stereocenters. The van der Waals surface area contributed by atoms with Crippen molar-refractivity contribution >= 4 is 11.4 Å². The predicted octanol–water partition coefficient (Wildman–Crippen LogP) is 7.15. The molecule has 0 aliphatic heterocycles. The highest BCUT2D eigenvalue weighted by molar-refractivity contribution is 5.54. The zero-order valence-electron chi connectivity index (χ0n) is 17.8. The van der Waals surface area contributed by atoms with Crippen LogP contribution in [0.15, 0.2) is 42.5 Å². The van der Waals surface area contributed by atoms with E-state index >= 15 is 0 Å². The van der Waals surface area contributed by atoms with Gasteiger partial charge in [0.05, 0.1) is 13.0 Å². The van der Waals surface area contributed by atoms with Gasteiger partial charge < -0.3 is 20.9 Å². The van der Waals surface area contributed by atoms with E-state index in [2.05, 4.69) is 0 Å². The van der Waals surface area contributed by atoms with Crippen LogP contribution < -0.4 is 20.9 Å². The molecule has 0 amide bonds. The molecule has 2 rings (SSSR count). The molecule has 0 aromatic heterocycles. The normalized spacial score (nSPS) is 14.0. The summed E-state index contributed by atoms with van der Waals surface area (Å²) in [6, 6.07) is 8.54. The third-order valence-corrected chi connectivity index (χ3v) is 4.75. The lowest BCUT2D eigenvalue weighted by Gasteiger charge is -2.39. The Bertz CT molecular complexity index is 1090. The largest absolute Gasteiger partial charge is 0.489 e. The van der Waals surface area contributed by atoms with Gasteiger partial charge in [0, 0.05) is 17.4 Å². The van der Waals surface area contributed by atoms with E-state index in [1.807, 2.05) is 0 Å². The summed E-state index contributed by atoms with van der Waals surface area (Å²) in [6.07, 6.45) is -9.99. The second kappa shape index (κ2) is 9.55. The van der Waals surface area contributed by atoms with Gasteiger partial charge in [0.1, 0.15) is 5.75 Å². The van der Waals surface area contributed by atoms with E-state index in [0.29, 0.717) is 5.69 Å². The highest BCUT2D eigenvalue weighted by Gasteiger charge is 2.90. The number of nitrogen functional groups attached to an aromatic ring is 2. The Kier molecular flexibility index (Phi) is 7.74. The summed E-state index contributed by atoms with van der Waals surface area (Å²) in [4.78, 5) is 0. The maximum absolute atomic E-state index is 13.9. The topological polar surface area (TPSA) is 70.5 Å². The second-order valence-corrected chi connectivity index (χ2v) is 7.48. The predicted molar refractivity (Wildman–Crippen MR) is 103 cm³/mol. The van der Waals surface area contributed by atoms with Crippen LogP contribution in [0.2, 0.25) is 0 Å². The Morgan fingerprint density at radius 1 is 0.568 bits per heavy atom. The SMILES string of the molecule is Nc1ccc(Oc2cc(N)ccc2OCCC(F)(F)C(F)(F)C(F)(F)C(F)(F)C(F)(F)C(F)(F)F)cc1. The number of hydrogen-bond donors (Lipinski definition) is 2. The highest BCUT2D eigenvalue weighted by atomic mass is 19.4. The molecule has 0 saturated carbocycles. The maximum Gasteiger partial charge on any atom is 0.460 e. The number of anilines is 2. The van der Waals surface area contributed by atoms with Crippen molar-refractivity contribution in [2.45, 2.75) is 42.2 Å². The van der Waals surface area contributed by atoms with Crippen LogP contribution in [0.3, 0.4) is 0 Å². The van der Waals surface area contributed by atoms with Gasteiger partial charge in [0.15, 0.2) is 11.5 Å². The molecule has 0 radical (unpaired) electrons. The van der Waals surface area contributed by atoms with Crippen molar-refractivity contribution in [3.8, 4) is 17.2 Å². The Balaban J connectivity index is 2.25. The van der Waals surface area contributed by atoms with Crippen LogP contribution >= 0.6 is 0 Å². The number of hydrogen-bond acceptors (Lipinski definition) is 4. The van der Waals surface area contributed by atoms with Crippen LogP contribution in [0, 0.1) is 0 Å². The van der Waals surface area contributed by atoms with Crippen LogP contribution in [0.1, 0.15) is 6.42 Å². The van der Waals surface area contributed by atoms with Crippen molar-refractivity contribution in [2.75, 3.05) is 18.1 Å². The summed E-state index contributed by atoms with van der Waals surface area (Å²) in [7, 11) is 0. The molecule has 0 spiro atoms. The van der Waals surface area contributed by atoms with Crippen LogP contribution in [0.25, 0.3) is 0 Å². The fourth-order valence-electron chi connectivity index (χ4n) is 2.63. The average Bonchev–Trinajstić information content (AvgIpc) is 2.75. The van der Waals surface area contributed by atoms with Crippen LogP contribution in [-0.2, 0) is 0 Å². The first kappa shape index (κ1) is 30.0. The van der Waals surface area contributed by atoms with Crippen LogP contribution in [0.5, 0.6) is 17.2 Å². The Labute approximate surface area is 198 Å². The highest BCUT2D eigenvalue weighted by Crippen LogP contribution is 2.60. The minimum atomic E-state index is -7.96. The molecule has 2 aromatic carbocycles. The zero-order chi connectivity index (χ0) is 28.7. The first-order valence-corrected chi connectivity index (χ1v) is 9.60. The molecule has 4 N–H and O–H groups in total. The molecular formula is C20H15F13N2O2.